The van der Waals surface area contributed by atoms with Crippen LogP contribution in [0.3, 0.4) is 0 Å². The zero-order chi connectivity index (χ0) is 10.4. The van der Waals surface area contributed by atoms with Crippen molar-refractivity contribution in [2.24, 2.45) is 0 Å². The highest BCUT2D eigenvalue weighted by Crippen LogP contribution is 2.04. The molecule has 0 bridgehead atoms. The van der Waals surface area contributed by atoms with E-state index in [9.17, 15) is 0 Å². The fourth-order valence-corrected chi connectivity index (χ4v) is 0.896. The van der Waals surface area contributed by atoms with E-state index in [2.05, 4.69) is 9.97 Å². The van der Waals surface area contributed by atoms with Gasteiger partial charge in [0, 0.05) is 32.1 Å². The molecule has 1 aromatic rings. The highest BCUT2D eigenvalue weighted by atomic mass is 15.2. The minimum atomic E-state index is 0.412. The van der Waals surface area contributed by atoms with Crippen molar-refractivity contribution in [3.8, 4) is 6.07 Å². The van der Waals surface area contributed by atoms with Crippen LogP contribution in [-0.4, -0.2) is 24.1 Å². The molecule has 72 valence electrons. The Morgan fingerprint density at radius 1 is 1.43 bits per heavy atom. The summed E-state index contributed by atoms with van der Waals surface area (Å²) in [7, 11) is 3.78. The maximum Gasteiger partial charge on any atom is 0.224 e. The maximum atomic E-state index is 8.32. The first kappa shape index (κ1) is 10.2. The third-order valence-corrected chi connectivity index (χ3v) is 1.58. The molecule has 0 saturated carbocycles. The van der Waals surface area contributed by atoms with E-state index in [0.717, 1.165) is 5.56 Å². The molecule has 4 heteroatoms. The van der Waals surface area contributed by atoms with E-state index in [4.69, 9.17) is 5.26 Å². The number of hydrogen-bond donors (Lipinski definition) is 0. The Kier molecular flexibility index (Phi) is 3.62. The van der Waals surface area contributed by atoms with Crippen molar-refractivity contribution < 1.29 is 0 Å². The van der Waals surface area contributed by atoms with Crippen LogP contribution in [0.5, 0.6) is 0 Å². The molecule has 0 aliphatic heterocycles. The van der Waals surface area contributed by atoms with Crippen LogP contribution in [0.1, 0.15) is 12.0 Å². The quantitative estimate of drug-likeness (QED) is 0.720. The van der Waals surface area contributed by atoms with Crippen LogP contribution in [0.15, 0.2) is 18.5 Å². The smallest absolute Gasteiger partial charge is 0.224 e. The molecule has 0 N–H and O–H groups in total. The molecule has 1 heterocycles. The lowest BCUT2D eigenvalue weighted by atomic mass is 10.3. The van der Waals surface area contributed by atoms with E-state index in [1.807, 2.05) is 31.1 Å². The molecule has 0 spiro atoms. The van der Waals surface area contributed by atoms with Gasteiger partial charge in [0.1, 0.15) is 0 Å². The van der Waals surface area contributed by atoms with Gasteiger partial charge in [-0.25, -0.2) is 9.97 Å². The molecule has 1 aromatic heterocycles. The van der Waals surface area contributed by atoms with E-state index in [-0.39, 0.29) is 0 Å². The van der Waals surface area contributed by atoms with Crippen LogP contribution >= 0.6 is 0 Å². The summed E-state index contributed by atoms with van der Waals surface area (Å²) in [6, 6.07) is 2.03. The monoisotopic (exact) mass is 188 g/mol. The first-order valence-electron chi connectivity index (χ1n) is 4.27. The second-order valence-electron chi connectivity index (χ2n) is 2.98. The molecule has 0 fully saturated rings. The molecular weight excluding hydrogens is 176 g/mol. The number of nitrogens with zero attached hydrogens (tertiary/aromatic N) is 4. The van der Waals surface area contributed by atoms with Gasteiger partial charge in [-0.15, -0.1) is 0 Å². The number of hydrogen-bond acceptors (Lipinski definition) is 4. The Morgan fingerprint density at radius 2 is 2.07 bits per heavy atom. The largest absolute Gasteiger partial charge is 0.347 e. The average molecular weight is 188 g/mol. The summed E-state index contributed by atoms with van der Waals surface area (Å²) in [6.45, 7) is 0. The molecule has 0 radical (unpaired) electrons. The zero-order valence-corrected chi connectivity index (χ0v) is 8.31. The minimum Gasteiger partial charge on any atom is -0.347 e. The Labute approximate surface area is 83.5 Å². The molecule has 0 saturated heterocycles. The molecule has 14 heavy (non-hydrogen) atoms. The van der Waals surface area contributed by atoms with E-state index in [1.54, 1.807) is 18.5 Å². The second-order valence-corrected chi connectivity index (χ2v) is 2.98. The Balaban J connectivity index is 2.70. The van der Waals surface area contributed by atoms with Gasteiger partial charge in [-0.3, -0.25) is 0 Å². The fourth-order valence-electron chi connectivity index (χ4n) is 0.896. The standard InChI is InChI=1S/C10H12N4/c1-14(2)10-12-7-9(8-13-10)5-3-4-6-11/h3,5,7-8H,4H2,1-2H3. The van der Waals surface area contributed by atoms with Crippen molar-refractivity contribution in [2.75, 3.05) is 19.0 Å². The molecule has 1 rings (SSSR count). The van der Waals surface area contributed by atoms with Crippen LogP contribution in [0.4, 0.5) is 5.95 Å². The predicted octanol–water partition coefficient (Wildman–Crippen LogP) is 1.47. The van der Waals surface area contributed by atoms with Gasteiger partial charge < -0.3 is 4.90 Å². The third-order valence-electron chi connectivity index (χ3n) is 1.58. The molecule has 0 atom stereocenters. The Bertz CT molecular complexity index is 345. The molecule has 4 nitrogen and oxygen atoms in total. The first-order valence-corrected chi connectivity index (χ1v) is 4.27. The van der Waals surface area contributed by atoms with Gasteiger partial charge in [0.25, 0.3) is 0 Å². The van der Waals surface area contributed by atoms with Gasteiger partial charge in [-0.1, -0.05) is 12.2 Å². The molecule has 0 aliphatic rings. The molecule has 0 amide bonds. The summed E-state index contributed by atoms with van der Waals surface area (Å²) in [6.07, 6.45) is 7.50. The predicted molar refractivity (Wildman–Crippen MR) is 55.6 cm³/mol. The Morgan fingerprint density at radius 3 is 2.57 bits per heavy atom. The topological polar surface area (TPSA) is 52.8 Å². The number of allylic oxidation sites excluding steroid dienone is 1. The summed E-state index contributed by atoms with van der Waals surface area (Å²) < 4.78 is 0. The number of nitriles is 1. The van der Waals surface area contributed by atoms with Gasteiger partial charge in [0.2, 0.25) is 5.95 Å². The van der Waals surface area contributed by atoms with Crippen molar-refractivity contribution in [3.63, 3.8) is 0 Å². The molecule has 0 aromatic carbocycles. The van der Waals surface area contributed by atoms with E-state index in [0.29, 0.717) is 12.4 Å². The van der Waals surface area contributed by atoms with Crippen molar-refractivity contribution in [1.29, 1.82) is 5.26 Å². The van der Waals surface area contributed by atoms with Gasteiger partial charge in [-0.2, -0.15) is 5.26 Å². The first-order chi connectivity index (χ1) is 6.74. The summed E-state index contributed by atoms with van der Waals surface area (Å²) in [5.74, 6) is 0.683. The van der Waals surface area contributed by atoms with Crippen LogP contribution in [0, 0.1) is 11.3 Å². The normalized spacial score (nSPS) is 10.1. The Hall–Kier alpha value is -1.89. The maximum absolute atomic E-state index is 8.32. The van der Waals surface area contributed by atoms with Crippen molar-refractivity contribution in [2.45, 2.75) is 6.42 Å². The van der Waals surface area contributed by atoms with Gasteiger partial charge in [0.15, 0.2) is 0 Å². The van der Waals surface area contributed by atoms with Crippen LogP contribution < -0.4 is 4.90 Å². The fraction of sp³-hybridized carbons (Fsp3) is 0.300. The van der Waals surface area contributed by atoms with Crippen molar-refractivity contribution in [1.82, 2.24) is 9.97 Å². The van der Waals surface area contributed by atoms with Crippen LogP contribution in [-0.2, 0) is 0 Å². The van der Waals surface area contributed by atoms with Crippen LogP contribution in [0.25, 0.3) is 6.08 Å². The molecular formula is C10H12N4. The zero-order valence-electron chi connectivity index (χ0n) is 8.31. The van der Waals surface area contributed by atoms with E-state index >= 15 is 0 Å². The SMILES string of the molecule is CN(C)c1ncc(C=CCC#N)cn1. The van der Waals surface area contributed by atoms with Gasteiger partial charge in [-0.05, 0) is 0 Å². The number of anilines is 1. The lowest BCUT2D eigenvalue weighted by Gasteiger charge is -2.08. The van der Waals surface area contributed by atoms with Crippen molar-refractivity contribution >= 4 is 12.0 Å². The summed E-state index contributed by atoms with van der Waals surface area (Å²) >= 11 is 0. The van der Waals surface area contributed by atoms with E-state index in [1.165, 1.54) is 0 Å². The summed E-state index contributed by atoms with van der Waals surface area (Å²) in [5.41, 5.74) is 0.908. The van der Waals surface area contributed by atoms with Gasteiger partial charge >= 0.3 is 0 Å². The van der Waals surface area contributed by atoms with Crippen molar-refractivity contribution in [3.05, 3.63) is 24.0 Å². The highest BCUT2D eigenvalue weighted by molar-refractivity contribution is 5.48. The summed E-state index contributed by atoms with van der Waals surface area (Å²) in [4.78, 5) is 10.1. The second kappa shape index (κ2) is 4.97. The highest BCUT2D eigenvalue weighted by Gasteiger charge is 1.96. The number of aromatic nitrogens is 2. The summed E-state index contributed by atoms with van der Waals surface area (Å²) in [5, 5.41) is 8.32. The average Bonchev–Trinajstić information content (AvgIpc) is 2.19. The van der Waals surface area contributed by atoms with E-state index < -0.39 is 0 Å². The third kappa shape index (κ3) is 2.87. The molecule has 0 unspecified atom stereocenters. The van der Waals surface area contributed by atoms with Gasteiger partial charge in [0.05, 0.1) is 12.5 Å². The van der Waals surface area contributed by atoms with Crippen LogP contribution in [0.2, 0.25) is 0 Å². The number of rotatable bonds is 3. The minimum absolute atomic E-state index is 0.412. The molecule has 0 aliphatic carbocycles. The lowest BCUT2D eigenvalue weighted by molar-refractivity contribution is 0.996. The lowest BCUT2D eigenvalue weighted by Crippen LogP contribution is -2.12.